The second-order valence-electron chi connectivity index (χ2n) is 6.27. The Morgan fingerprint density at radius 2 is 1.62 bits per heavy atom. The number of rotatable bonds is 3. The normalized spacial score (nSPS) is 20.2. The Kier molecular flexibility index (Phi) is 4.22. The van der Waals surface area contributed by atoms with Gasteiger partial charge in [-0.25, -0.2) is 13.1 Å². The molecule has 0 heterocycles. The summed E-state index contributed by atoms with van der Waals surface area (Å²) >= 11 is 0. The molecule has 0 atom stereocenters. The van der Waals surface area contributed by atoms with E-state index in [0.29, 0.717) is 4.90 Å². The van der Waals surface area contributed by atoms with Crippen LogP contribution in [0, 0.1) is 0 Å². The molecule has 1 fully saturated rings. The standard InChI is InChI=1S/C16H24N2O2S/c17-15-10-11-16(14-9-5-4-8-13(14)15)21(19,20)18-12-6-2-1-3-7-12/h10-12,18H,1-9,17H2. The summed E-state index contributed by atoms with van der Waals surface area (Å²) in [5.41, 5.74) is 8.76. The van der Waals surface area contributed by atoms with Gasteiger partial charge in [0.2, 0.25) is 10.0 Å². The lowest BCUT2D eigenvalue weighted by molar-refractivity contribution is 0.412. The Hall–Kier alpha value is -1.07. The van der Waals surface area contributed by atoms with Gasteiger partial charge in [0, 0.05) is 11.7 Å². The maximum atomic E-state index is 12.7. The summed E-state index contributed by atoms with van der Waals surface area (Å²) in [5.74, 6) is 0. The highest BCUT2D eigenvalue weighted by molar-refractivity contribution is 7.89. The van der Waals surface area contributed by atoms with E-state index in [2.05, 4.69) is 4.72 Å². The van der Waals surface area contributed by atoms with Gasteiger partial charge in [-0.2, -0.15) is 0 Å². The third-order valence-electron chi connectivity index (χ3n) is 4.74. The number of hydrogen-bond donors (Lipinski definition) is 2. The molecule has 0 saturated heterocycles. The molecule has 0 bridgehead atoms. The molecule has 1 saturated carbocycles. The van der Waals surface area contributed by atoms with E-state index in [9.17, 15) is 8.42 Å². The number of nitrogens with one attached hydrogen (secondary N) is 1. The van der Waals surface area contributed by atoms with E-state index in [1.54, 1.807) is 12.1 Å². The van der Waals surface area contributed by atoms with Gasteiger partial charge in [-0.05, 0) is 61.8 Å². The summed E-state index contributed by atoms with van der Waals surface area (Å²) in [5, 5.41) is 0. The molecule has 1 aromatic rings. The van der Waals surface area contributed by atoms with E-state index in [1.807, 2.05) is 0 Å². The molecule has 5 heteroatoms. The molecule has 0 aliphatic heterocycles. The predicted molar refractivity (Wildman–Crippen MR) is 84.7 cm³/mol. The Morgan fingerprint density at radius 1 is 0.952 bits per heavy atom. The molecule has 1 aromatic carbocycles. The number of sulfonamides is 1. The molecule has 116 valence electrons. The van der Waals surface area contributed by atoms with E-state index < -0.39 is 10.0 Å². The van der Waals surface area contributed by atoms with Crippen molar-refractivity contribution in [3.63, 3.8) is 0 Å². The van der Waals surface area contributed by atoms with Crippen LogP contribution >= 0.6 is 0 Å². The van der Waals surface area contributed by atoms with Crippen LogP contribution in [0.25, 0.3) is 0 Å². The summed E-state index contributed by atoms with van der Waals surface area (Å²) in [7, 11) is -3.42. The first kappa shape index (κ1) is 14.9. The Morgan fingerprint density at radius 3 is 2.33 bits per heavy atom. The molecular formula is C16H24N2O2S. The average Bonchev–Trinajstić information content (AvgIpc) is 2.48. The van der Waals surface area contributed by atoms with Crippen LogP contribution in [0.15, 0.2) is 17.0 Å². The summed E-state index contributed by atoms with van der Waals surface area (Å²) in [6.07, 6.45) is 9.22. The molecule has 0 aromatic heterocycles. The minimum Gasteiger partial charge on any atom is -0.398 e. The van der Waals surface area contributed by atoms with Crippen LogP contribution in [-0.2, 0) is 22.9 Å². The zero-order valence-corrected chi connectivity index (χ0v) is 13.2. The number of anilines is 1. The topological polar surface area (TPSA) is 72.2 Å². The average molecular weight is 308 g/mol. The van der Waals surface area contributed by atoms with Gasteiger partial charge >= 0.3 is 0 Å². The van der Waals surface area contributed by atoms with E-state index in [1.165, 1.54) is 6.42 Å². The highest BCUT2D eigenvalue weighted by Gasteiger charge is 2.26. The van der Waals surface area contributed by atoms with Crippen molar-refractivity contribution >= 4 is 15.7 Å². The second-order valence-corrected chi connectivity index (χ2v) is 7.96. The molecule has 0 unspecified atom stereocenters. The second kappa shape index (κ2) is 5.97. The third kappa shape index (κ3) is 3.09. The molecule has 0 amide bonds. The van der Waals surface area contributed by atoms with E-state index >= 15 is 0 Å². The fourth-order valence-electron chi connectivity index (χ4n) is 3.62. The highest BCUT2D eigenvalue weighted by atomic mass is 32.2. The maximum Gasteiger partial charge on any atom is 0.241 e. The summed E-state index contributed by atoms with van der Waals surface area (Å²) in [6, 6.07) is 3.53. The quantitative estimate of drug-likeness (QED) is 0.843. The monoisotopic (exact) mass is 308 g/mol. The first-order chi connectivity index (χ1) is 10.1. The van der Waals surface area contributed by atoms with Gasteiger partial charge in [0.25, 0.3) is 0 Å². The first-order valence-corrected chi connectivity index (χ1v) is 9.49. The molecule has 3 N–H and O–H groups in total. The number of hydrogen-bond acceptors (Lipinski definition) is 3. The van der Waals surface area contributed by atoms with Crippen molar-refractivity contribution in [2.75, 3.05) is 5.73 Å². The Labute approximate surface area is 127 Å². The fourth-order valence-corrected chi connectivity index (χ4v) is 5.22. The zero-order valence-electron chi connectivity index (χ0n) is 12.4. The Balaban J connectivity index is 1.91. The third-order valence-corrected chi connectivity index (χ3v) is 6.35. The van der Waals surface area contributed by atoms with Gasteiger partial charge in [-0.1, -0.05) is 19.3 Å². The van der Waals surface area contributed by atoms with Gasteiger partial charge in [0.15, 0.2) is 0 Å². The lowest BCUT2D eigenvalue weighted by Gasteiger charge is -2.25. The van der Waals surface area contributed by atoms with Crippen molar-refractivity contribution in [1.82, 2.24) is 4.72 Å². The van der Waals surface area contributed by atoms with Crippen LogP contribution in [0.4, 0.5) is 5.69 Å². The Bertz CT molecular complexity index is 619. The van der Waals surface area contributed by atoms with Crippen molar-refractivity contribution in [1.29, 1.82) is 0 Å². The van der Waals surface area contributed by atoms with Crippen molar-refractivity contribution < 1.29 is 8.42 Å². The maximum absolute atomic E-state index is 12.7. The smallest absolute Gasteiger partial charge is 0.241 e. The molecule has 3 rings (SSSR count). The lowest BCUT2D eigenvalue weighted by atomic mass is 9.90. The van der Waals surface area contributed by atoms with Crippen molar-refractivity contribution in [2.24, 2.45) is 0 Å². The minimum atomic E-state index is -3.42. The molecule has 0 spiro atoms. The SMILES string of the molecule is Nc1ccc(S(=O)(=O)NC2CCCCC2)c2c1CCCC2. The number of nitrogen functional groups attached to an aromatic ring is 1. The number of nitrogens with two attached hydrogens (primary N) is 1. The molecular weight excluding hydrogens is 284 g/mol. The van der Waals surface area contributed by atoms with Crippen molar-refractivity contribution in [2.45, 2.75) is 68.7 Å². The van der Waals surface area contributed by atoms with E-state index in [4.69, 9.17) is 5.73 Å². The van der Waals surface area contributed by atoms with E-state index in [0.717, 1.165) is 68.2 Å². The van der Waals surface area contributed by atoms with Gasteiger partial charge in [0.05, 0.1) is 4.90 Å². The van der Waals surface area contributed by atoms with Crippen LogP contribution in [0.1, 0.15) is 56.1 Å². The summed E-state index contributed by atoms with van der Waals surface area (Å²) in [4.78, 5) is 0.456. The zero-order chi connectivity index (χ0) is 14.9. The molecule has 2 aliphatic rings. The molecule has 0 radical (unpaired) electrons. The molecule has 4 nitrogen and oxygen atoms in total. The minimum absolute atomic E-state index is 0.0977. The largest absolute Gasteiger partial charge is 0.398 e. The van der Waals surface area contributed by atoms with Crippen molar-refractivity contribution in [3.05, 3.63) is 23.3 Å². The molecule has 21 heavy (non-hydrogen) atoms. The van der Waals surface area contributed by atoms with Crippen LogP contribution in [0.2, 0.25) is 0 Å². The summed E-state index contributed by atoms with van der Waals surface area (Å²) < 4.78 is 28.4. The first-order valence-electron chi connectivity index (χ1n) is 8.00. The number of fused-ring (bicyclic) bond motifs is 1. The summed E-state index contributed by atoms with van der Waals surface area (Å²) in [6.45, 7) is 0. The van der Waals surface area contributed by atoms with Gasteiger partial charge < -0.3 is 5.73 Å². The van der Waals surface area contributed by atoms with Gasteiger partial charge in [-0.3, -0.25) is 0 Å². The number of benzene rings is 1. The highest BCUT2D eigenvalue weighted by Crippen LogP contribution is 2.32. The van der Waals surface area contributed by atoms with Gasteiger partial charge in [-0.15, -0.1) is 0 Å². The lowest BCUT2D eigenvalue weighted by Crippen LogP contribution is -2.36. The predicted octanol–water partition coefficient (Wildman–Crippen LogP) is 2.76. The van der Waals surface area contributed by atoms with Crippen LogP contribution in [0.3, 0.4) is 0 Å². The van der Waals surface area contributed by atoms with Crippen molar-refractivity contribution in [3.8, 4) is 0 Å². The molecule has 2 aliphatic carbocycles. The van der Waals surface area contributed by atoms with Crippen LogP contribution in [-0.4, -0.2) is 14.5 Å². The van der Waals surface area contributed by atoms with Crippen LogP contribution in [0.5, 0.6) is 0 Å². The van der Waals surface area contributed by atoms with E-state index in [-0.39, 0.29) is 6.04 Å². The van der Waals surface area contributed by atoms with Crippen LogP contribution < -0.4 is 10.5 Å². The fraction of sp³-hybridized carbons (Fsp3) is 0.625. The van der Waals surface area contributed by atoms with Gasteiger partial charge in [0.1, 0.15) is 0 Å².